The molecule has 5 heteroatoms. The third-order valence-corrected chi connectivity index (χ3v) is 3.47. The monoisotopic (exact) mass is 311 g/mol. The summed E-state index contributed by atoms with van der Waals surface area (Å²) in [4.78, 5) is 25.4. The second-order valence-electron chi connectivity index (χ2n) is 4.24. The molecule has 2 amide bonds. The van der Waals surface area contributed by atoms with E-state index in [1.807, 2.05) is 0 Å². The molecule has 4 nitrogen and oxygen atoms in total. The number of rotatable bonds is 5. The molecule has 0 radical (unpaired) electrons. The number of carbonyl (C=O) groups excluding carboxylic acids is 2. The molecule has 1 aliphatic heterocycles. The lowest BCUT2D eigenvalue weighted by molar-refractivity contribution is 0.0651. The highest BCUT2D eigenvalue weighted by Gasteiger charge is 2.34. The van der Waals surface area contributed by atoms with E-state index in [4.69, 9.17) is 5.11 Å². The molecule has 0 unspecified atom stereocenters. The number of hydrogen-bond donors (Lipinski definition) is 1. The van der Waals surface area contributed by atoms with E-state index >= 15 is 0 Å². The number of unbranched alkanes of at least 4 members (excludes halogenated alkanes) is 2. The largest absolute Gasteiger partial charge is 0.396 e. The molecule has 0 spiro atoms. The fraction of sp³-hybridized carbons (Fsp3) is 0.385. The van der Waals surface area contributed by atoms with Crippen molar-refractivity contribution in [1.29, 1.82) is 0 Å². The van der Waals surface area contributed by atoms with Gasteiger partial charge in [-0.05, 0) is 37.5 Å². The van der Waals surface area contributed by atoms with Gasteiger partial charge in [-0.15, -0.1) is 0 Å². The van der Waals surface area contributed by atoms with Crippen molar-refractivity contribution in [2.24, 2.45) is 0 Å². The van der Waals surface area contributed by atoms with Crippen LogP contribution in [0.15, 0.2) is 22.7 Å². The van der Waals surface area contributed by atoms with E-state index in [9.17, 15) is 9.59 Å². The van der Waals surface area contributed by atoms with Crippen LogP contribution in [0.3, 0.4) is 0 Å². The minimum absolute atomic E-state index is 0.148. The summed E-state index contributed by atoms with van der Waals surface area (Å²) >= 11 is 3.30. The number of halogens is 1. The van der Waals surface area contributed by atoms with Gasteiger partial charge < -0.3 is 5.11 Å². The molecule has 0 fully saturated rings. The third-order valence-electron chi connectivity index (χ3n) is 2.97. The smallest absolute Gasteiger partial charge is 0.261 e. The molecule has 1 aromatic rings. The van der Waals surface area contributed by atoms with Gasteiger partial charge in [0.1, 0.15) is 0 Å². The van der Waals surface area contributed by atoms with E-state index in [2.05, 4.69) is 15.9 Å². The molecule has 0 aliphatic carbocycles. The van der Waals surface area contributed by atoms with Gasteiger partial charge in [-0.2, -0.15) is 0 Å². The molecule has 1 N–H and O–H groups in total. The van der Waals surface area contributed by atoms with Gasteiger partial charge >= 0.3 is 0 Å². The molecule has 1 aliphatic rings. The van der Waals surface area contributed by atoms with Crippen molar-refractivity contribution in [3.63, 3.8) is 0 Å². The SMILES string of the molecule is O=C1c2ccc(Br)cc2C(=O)N1CCCCCO. The van der Waals surface area contributed by atoms with Gasteiger partial charge in [0, 0.05) is 17.6 Å². The van der Waals surface area contributed by atoms with Crippen molar-refractivity contribution in [3.8, 4) is 0 Å². The van der Waals surface area contributed by atoms with Crippen LogP contribution in [0.1, 0.15) is 40.0 Å². The number of hydrogen-bond acceptors (Lipinski definition) is 3. The number of amides is 2. The van der Waals surface area contributed by atoms with Crippen LogP contribution in [0.4, 0.5) is 0 Å². The molecule has 0 atom stereocenters. The Morgan fingerprint density at radius 1 is 1.06 bits per heavy atom. The topological polar surface area (TPSA) is 57.6 Å². The summed E-state index contributed by atoms with van der Waals surface area (Å²) in [6.07, 6.45) is 2.25. The van der Waals surface area contributed by atoms with Crippen molar-refractivity contribution in [3.05, 3.63) is 33.8 Å². The first kappa shape index (κ1) is 13.2. The van der Waals surface area contributed by atoms with E-state index in [-0.39, 0.29) is 18.4 Å². The molecular formula is C13H14BrNO3. The molecule has 0 aromatic heterocycles. The van der Waals surface area contributed by atoms with Crippen LogP contribution in [0.5, 0.6) is 0 Å². The van der Waals surface area contributed by atoms with Crippen LogP contribution >= 0.6 is 15.9 Å². The fourth-order valence-electron chi connectivity index (χ4n) is 2.02. The zero-order valence-electron chi connectivity index (χ0n) is 9.86. The van der Waals surface area contributed by atoms with E-state index in [1.165, 1.54) is 4.90 Å². The van der Waals surface area contributed by atoms with Crippen LogP contribution < -0.4 is 0 Å². The van der Waals surface area contributed by atoms with Crippen molar-refractivity contribution in [2.75, 3.05) is 13.2 Å². The fourth-order valence-corrected chi connectivity index (χ4v) is 2.39. The maximum atomic E-state index is 12.1. The second kappa shape index (κ2) is 5.63. The number of benzene rings is 1. The standard InChI is InChI=1S/C13H14BrNO3/c14-9-4-5-10-11(8-9)13(18)15(12(10)17)6-2-1-3-7-16/h4-5,8,16H,1-3,6-7H2. The Balaban J connectivity index is 2.08. The zero-order valence-corrected chi connectivity index (χ0v) is 11.4. The molecular weight excluding hydrogens is 298 g/mol. The number of nitrogens with zero attached hydrogens (tertiary/aromatic N) is 1. The lowest BCUT2D eigenvalue weighted by Gasteiger charge is -2.12. The van der Waals surface area contributed by atoms with Gasteiger partial charge in [0.05, 0.1) is 11.1 Å². The number of fused-ring (bicyclic) bond motifs is 1. The van der Waals surface area contributed by atoms with E-state index in [0.717, 1.165) is 17.3 Å². The van der Waals surface area contributed by atoms with Crippen molar-refractivity contribution in [2.45, 2.75) is 19.3 Å². The van der Waals surface area contributed by atoms with E-state index in [0.29, 0.717) is 24.1 Å². The highest BCUT2D eigenvalue weighted by atomic mass is 79.9. The predicted octanol–water partition coefficient (Wildman–Crippen LogP) is 2.21. The van der Waals surface area contributed by atoms with Gasteiger partial charge in [-0.1, -0.05) is 15.9 Å². The Morgan fingerprint density at radius 3 is 2.50 bits per heavy atom. The van der Waals surface area contributed by atoms with Gasteiger partial charge in [-0.25, -0.2) is 0 Å². The third kappa shape index (κ3) is 2.47. The minimum Gasteiger partial charge on any atom is -0.396 e. The van der Waals surface area contributed by atoms with E-state index in [1.54, 1.807) is 18.2 Å². The first-order chi connectivity index (χ1) is 8.65. The van der Waals surface area contributed by atoms with Crippen LogP contribution in [-0.2, 0) is 0 Å². The Hall–Kier alpha value is -1.20. The van der Waals surface area contributed by atoms with Gasteiger partial charge in [-0.3, -0.25) is 14.5 Å². The molecule has 0 saturated carbocycles. The summed E-state index contributed by atoms with van der Waals surface area (Å²) in [6, 6.07) is 5.12. The average Bonchev–Trinajstić information content (AvgIpc) is 2.59. The first-order valence-corrected chi connectivity index (χ1v) is 6.71. The Labute approximate surface area is 114 Å². The minimum atomic E-state index is -0.222. The molecule has 2 rings (SSSR count). The zero-order chi connectivity index (χ0) is 13.1. The first-order valence-electron chi connectivity index (χ1n) is 5.91. The maximum Gasteiger partial charge on any atom is 0.261 e. The highest BCUT2D eigenvalue weighted by molar-refractivity contribution is 9.10. The lowest BCUT2D eigenvalue weighted by Crippen LogP contribution is -2.30. The molecule has 96 valence electrons. The molecule has 0 bridgehead atoms. The second-order valence-corrected chi connectivity index (χ2v) is 5.15. The van der Waals surface area contributed by atoms with Crippen LogP contribution in [0, 0.1) is 0 Å². The van der Waals surface area contributed by atoms with Crippen molar-refractivity contribution < 1.29 is 14.7 Å². The summed E-state index contributed by atoms with van der Waals surface area (Å²) in [5, 5.41) is 8.68. The normalized spacial score (nSPS) is 14.2. The number of aliphatic hydroxyl groups excluding tert-OH is 1. The summed E-state index contributed by atoms with van der Waals surface area (Å²) in [6.45, 7) is 0.568. The maximum absolute atomic E-state index is 12.1. The van der Waals surface area contributed by atoms with Gasteiger partial charge in [0.25, 0.3) is 11.8 Å². The number of aliphatic hydroxyl groups is 1. The van der Waals surface area contributed by atoms with Crippen LogP contribution in [0.25, 0.3) is 0 Å². The highest BCUT2D eigenvalue weighted by Crippen LogP contribution is 2.26. The quantitative estimate of drug-likeness (QED) is 0.670. The molecule has 1 heterocycles. The molecule has 0 saturated heterocycles. The summed E-state index contributed by atoms with van der Waals surface area (Å²) in [7, 11) is 0. The predicted molar refractivity (Wildman–Crippen MR) is 70.4 cm³/mol. The average molecular weight is 312 g/mol. The molecule has 18 heavy (non-hydrogen) atoms. The van der Waals surface area contributed by atoms with Crippen molar-refractivity contribution >= 4 is 27.7 Å². The van der Waals surface area contributed by atoms with Crippen LogP contribution in [0.2, 0.25) is 0 Å². The number of carbonyl (C=O) groups is 2. The number of imide groups is 1. The van der Waals surface area contributed by atoms with Gasteiger partial charge in [0.2, 0.25) is 0 Å². The summed E-state index contributed by atoms with van der Waals surface area (Å²) in [5.74, 6) is -0.438. The lowest BCUT2D eigenvalue weighted by atomic mass is 10.1. The Bertz CT molecular complexity index is 487. The molecule has 1 aromatic carbocycles. The Morgan fingerprint density at radius 2 is 1.78 bits per heavy atom. The van der Waals surface area contributed by atoms with E-state index < -0.39 is 0 Å². The summed E-state index contributed by atoms with van der Waals surface area (Å²) in [5.41, 5.74) is 0.946. The Kier molecular flexibility index (Phi) is 4.14. The summed E-state index contributed by atoms with van der Waals surface area (Å²) < 4.78 is 0.796. The van der Waals surface area contributed by atoms with Crippen molar-refractivity contribution in [1.82, 2.24) is 4.90 Å². The van der Waals surface area contributed by atoms with Crippen LogP contribution in [-0.4, -0.2) is 35.0 Å². The van der Waals surface area contributed by atoms with Gasteiger partial charge in [0.15, 0.2) is 0 Å².